The van der Waals surface area contributed by atoms with Crippen molar-refractivity contribution in [1.82, 2.24) is 9.88 Å². The number of nitrogens with zero attached hydrogens (tertiary/aromatic N) is 2. The summed E-state index contributed by atoms with van der Waals surface area (Å²) in [6.07, 6.45) is 4.19. The number of amides is 1. The van der Waals surface area contributed by atoms with Gasteiger partial charge in [-0.2, -0.15) is 0 Å². The van der Waals surface area contributed by atoms with Crippen molar-refractivity contribution in [2.75, 3.05) is 31.7 Å². The quantitative estimate of drug-likeness (QED) is 0.822. The summed E-state index contributed by atoms with van der Waals surface area (Å²) < 4.78 is 0. The molecule has 4 rings (SSSR count). The summed E-state index contributed by atoms with van der Waals surface area (Å²) in [4.78, 5) is 18.4. The molecule has 24 heavy (non-hydrogen) atoms. The molecule has 1 spiro atoms. The standard InChI is InChI=1S/C18H19ClN4O/c1-23(2)17(24)14-13(20)4-3-11(15(14)19)10-7-12-16(21-8-10)22-9-18(12)5-6-18/h3-4,7-8H,5-6,9,20H2,1-2H3,(H,21,22). The molecule has 0 unspecified atom stereocenters. The maximum atomic E-state index is 12.4. The first kappa shape index (κ1) is 15.3. The highest BCUT2D eigenvalue weighted by Gasteiger charge is 2.49. The smallest absolute Gasteiger partial charge is 0.256 e. The maximum Gasteiger partial charge on any atom is 0.256 e. The van der Waals surface area contributed by atoms with Crippen LogP contribution in [0.25, 0.3) is 11.1 Å². The summed E-state index contributed by atoms with van der Waals surface area (Å²) in [5.41, 5.74) is 9.94. The average Bonchev–Trinajstić information content (AvgIpc) is 3.25. The molecule has 1 saturated carbocycles. The maximum absolute atomic E-state index is 12.4. The molecule has 1 amide bonds. The normalized spacial score (nSPS) is 16.6. The highest BCUT2D eigenvalue weighted by Crippen LogP contribution is 2.54. The van der Waals surface area contributed by atoms with Crippen molar-refractivity contribution in [2.24, 2.45) is 0 Å². The minimum atomic E-state index is -0.200. The van der Waals surface area contributed by atoms with E-state index in [0.717, 1.165) is 23.5 Å². The molecule has 1 aliphatic heterocycles. The van der Waals surface area contributed by atoms with E-state index in [0.29, 0.717) is 16.3 Å². The number of carbonyl (C=O) groups excluding carboxylic acids is 1. The minimum absolute atomic E-state index is 0.200. The van der Waals surface area contributed by atoms with Crippen molar-refractivity contribution in [3.05, 3.63) is 40.5 Å². The van der Waals surface area contributed by atoms with Gasteiger partial charge in [0.1, 0.15) is 5.82 Å². The van der Waals surface area contributed by atoms with Crippen LogP contribution in [-0.4, -0.2) is 36.4 Å². The van der Waals surface area contributed by atoms with E-state index in [9.17, 15) is 4.79 Å². The molecule has 2 aliphatic rings. The van der Waals surface area contributed by atoms with Crippen LogP contribution in [0.15, 0.2) is 24.4 Å². The fourth-order valence-corrected chi connectivity index (χ4v) is 3.72. The van der Waals surface area contributed by atoms with Gasteiger partial charge in [0.2, 0.25) is 0 Å². The van der Waals surface area contributed by atoms with Crippen LogP contribution in [0.4, 0.5) is 11.5 Å². The average molecular weight is 343 g/mol. The molecular weight excluding hydrogens is 324 g/mol. The monoisotopic (exact) mass is 342 g/mol. The molecular formula is C18H19ClN4O. The third kappa shape index (κ3) is 2.15. The predicted molar refractivity (Wildman–Crippen MR) is 96.5 cm³/mol. The number of benzene rings is 1. The number of halogens is 1. The lowest BCUT2D eigenvalue weighted by Gasteiger charge is -2.16. The first-order chi connectivity index (χ1) is 11.4. The Morgan fingerprint density at radius 1 is 1.38 bits per heavy atom. The van der Waals surface area contributed by atoms with Crippen molar-refractivity contribution in [3.8, 4) is 11.1 Å². The zero-order valence-electron chi connectivity index (χ0n) is 13.7. The summed E-state index contributed by atoms with van der Waals surface area (Å²) in [5, 5.41) is 3.76. The molecule has 124 valence electrons. The summed E-state index contributed by atoms with van der Waals surface area (Å²) in [6.45, 7) is 0.957. The topological polar surface area (TPSA) is 71.2 Å². The highest BCUT2D eigenvalue weighted by molar-refractivity contribution is 6.37. The van der Waals surface area contributed by atoms with E-state index in [2.05, 4.69) is 16.4 Å². The van der Waals surface area contributed by atoms with Gasteiger partial charge in [-0.25, -0.2) is 4.98 Å². The number of pyridine rings is 1. The molecule has 0 saturated heterocycles. The molecule has 2 aromatic rings. The van der Waals surface area contributed by atoms with Crippen molar-refractivity contribution in [2.45, 2.75) is 18.3 Å². The van der Waals surface area contributed by atoms with E-state index in [1.807, 2.05) is 6.07 Å². The number of rotatable bonds is 2. The lowest BCUT2D eigenvalue weighted by molar-refractivity contribution is 0.0829. The Kier molecular flexibility index (Phi) is 3.25. The van der Waals surface area contributed by atoms with Crippen LogP contribution < -0.4 is 11.1 Å². The number of anilines is 2. The lowest BCUT2D eigenvalue weighted by Crippen LogP contribution is -2.23. The second-order valence-electron chi connectivity index (χ2n) is 6.84. The van der Waals surface area contributed by atoms with Crippen molar-refractivity contribution >= 4 is 29.0 Å². The minimum Gasteiger partial charge on any atom is -0.398 e. The van der Waals surface area contributed by atoms with E-state index in [1.54, 1.807) is 26.4 Å². The highest BCUT2D eigenvalue weighted by atomic mass is 35.5. The molecule has 1 aromatic heterocycles. The van der Waals surface area contributed by atoms with Gasteiger partial charge in [-0.1, -0.05) is 17.7 Å². The molecule has 1 aromatic carbocycles. The number of aromatic nitrogens is 1. The number of nitrogens with one attached hydrogen (secondary N) is 1. The number of hydrogen-bond donors (Lipinski definition) is 2. The number of hydrogen-bond acceptors (Lipinski definition) is 4. The summed E-state index contributed by atoms with van der Waals surface area (Å²) in [5.74, 6) is 0.765. The Balaban J connectivity index is 1.84. The Hall–Kier alpha value is -2.27. The molecule has 6 heteroatoms. The molecule has 0 atom stereocenters. The molecule has 0 radical (unpaired) electrons. The molecule has 3 N–H and O–H groups in total. The van der Waals surface area contributed by atoms with Gasteiger partial charge in [-0.15, -0.1) is 0 Å². The fourth-order valence-electron chi connectivity index (χ4n) is 3.36. The van der Waals surface area contributed by atoms with Gasteiger partial charge in [-0.05, 0) is 25.0 Å². The predicted octanol–water partition coefficient (Wildman–Crippen LogP) is 3.14. The second-order valence-corrected chi connectivity index (χ2v) is 7.22. The molecule has 1 fully saturated rings. The first-order valence-electron chi connectivity index (χ1n) is 7.97. The third-order valence-corrected chi connectivity index (χ3v) is 5.40. The van der Waals surface area contributed by atoms with Crippen LogP contribution in [0.3, 0.4) is 0 Å². The SMILES string of the molecule is CN(C)C(=O)c1c(N)ccc(-c2cnc3c(c2)C2(CC2)CN3)c1Cl. The number of nitrogens with two attached hydrogens (primary N) is 1. The molecule has 1 aliphatic carbocycles. The van der Waals surface area contributed by atoms with Crippen LogP contribution in [-0.2, 0) is 5.41 Å². The van der Waals surface area contributed by atoms with E-state index in [-0.39, 0.29) is 11.3 Å². The lowest BCUT2D eigenvalue weighted by atomic mass is 9.95. The van der Waals surface area contributed by atoms with Crippen LogP contribution in [0, 0.1) is 0 Å². The summed E-state index contributed by atoms with van der Waals surface area (Å²) >= 11 is 6.55. The first-order valence-corrected chi connectivity index (χ1v) is 8.35. The number of carbonyl (C=O) groups is 1. The van der Waals surface area contributed by atoms with Gasteiger partial charge >= 0.3 is 0 Å². The molecule has 2 heterocycles. The molecule has 5 nitrogen and oxygen atoms in total. The van der Waals surface area contributed by atoms with E-state index < -0.39 is 0 Å². The van der Waals surface area contributed by atoms with Gasteiger partial charge in [0.05, 0.1) is 10.6 Å². The van der Waals surface area contributed by atoms with Gasteiger partial charge < -0.3 is 16.0 Å². The fraction of sp³-hybridized carbons (Fsp3) is 0.333. The largest absolute Gasteiger partial charge is 0.398 e. The Labute approximate surface area is 145 Å². The van der Waals surface area contributed by atoms with Crippen molar-refractivity contribution in [1.29, 1.82) is 0 Å². The van der Waals surface area contributed by atoms with Crippen LogP contribution in [0.1, 0.15) is 28.8 Å². The molecule has 0 bridgehead atoms. The summed E-state index contributed by atoms with van der Waals surface area (Å²) in [7, 11) is 3.37. The second kappa shape index (κ2) is 5.11. The number of nitrogen functional groups attached to an aromatic ring is 1. The van der Waals surface area contributed by atoms with Crippen molar-refractivity contribution < 1.29 is 4.79 Å². The Morgan fingerprint density at radius 3 is 2.79 bits per heavy atom. The third-order valence-electron chi connectivity index (χ3n) is 5.01. The number of fused-ring (bicyclic) bond motifs is 2. The zero-order valence-corrected chi connectivity index (χ0v) is 14.4. The Bertz CT molecular complexity index is 858. The van der Waals surface area contributed by atoms with E-state index in [1.165, 1.54) is 23.3 Å². The zero-order chi connectivity index (χ0) is 17.1. The van der Waals surface area contributed by atoms with Gasteiger partial charge in [0.25, 0.3) is 5.91 Å². The van der Waals surface area contributed by atoms with Crippen molar-refractivity contribution in [3.63, 3.8) is 0 Å². The van der Waals surface area contributed by atoms with Gasteiger partial charge in [0.15, 0.2) is 0 Å². The van der Waals surface area contributed by atoms with Gasteiger partial charge in [0, 0.05) is 54.6 Å². The van der Waals surface area contributed by atoms with E-state index in [4.69, 9.17) is 17.3 Å². The van der Waals surface area contributed by atoms with Gasteiger partial charge in [-0.3, -0.25) is 4.79 Å². The van der Waals surface area contributed by atoms with Crippen LogP contribution >= 0.6 is 11.6 Å². The van der Waals surface area contributed by atoms with E-state index >= 15 is 0 Å². The summed E-state index contributed by atoms with van der Waals surface area (Å²) in [6, 6.07) is 5.74. The Morgan fingerprint density at radius 2 is 2.12 bits per heavy atom. The van der Waals surface area contributed by atoms with Crippen LogP contribution in [0.5, 0.6) is 0 Å². The van der Waals surface area contributed by atoms with Crippen LogP contribution in [0.2, 0.25) is 5.02 Å².